The van der Waals surface area contributed by atoms with E-state index in [1.807, 2.05) is 12.1 Å². The van der Waals surface area contributed by atoms with Gasteiger partial charge in [0.1, 0.15) is 5.82 Å². The summed E-state index contributed by atoms with van der Waals surface area (Å²) in [7, 11) is 2.19. The molecule has 2 aromatic rings. The highest BCUT2D eigenvalue weighted by atomic mass is 19.1. The summed E-state index contributed by atoms with van der Waals surface area (Å²) in [6, 6.07) is 17.8. The molecule has 3 fully saturated rings. The molecule has 4 nitrogen and oxygen atoms in total. The van der Waals surface area contributed by atoms with Crippen molar-refractivity contribution >= 4 is 5.91 Å². The Bertz CT molecular complexity index is 898. The molecule has 2 aromatic carbocycles. The number of carbonyl (C=O) groups excluding carboxylic acids is 1. The minimum atomic E-state index is -0.505. The zero-order valence-electron chi connectivity index (χ0n) is 16.9. The molecule has 1 amide bonds. The van der Waals surface area contributed by atoms with E-state index in [1.54, 1.807) is 6.07 Å². The van der Waals surface area contributed by atoms with E-state index in [9.17, 15) is 9.18 Å². The molecule has 5 rings (SSSR count). The number of hydrogen-bond acceptors (Lipinski definition) is 3. The summed E-state index contributed by atoms with van der Waals surface area (Å²) in [5.41, 5.74) is 1.47. The van der Waals surface area contributed by atoms with Gasteiger partial charge in [-0.3, -0.25) is 9.69 Å². The Labute approximate surface area is 171 Å². The summed E-state index contributed by atoms with van der Waals surface area (Å²) in [6.45, 7) is 3.90. The summed E-state index contributed by atoms with van der Waals surface area (Å²) in [6.07, 6.45) is 0.472. The molecular weight excluding hydrogens is 365 g/mol. The Morgan fingerprint density at radius 3 is 2.48 bits per heavy atom. The molecule has 0 radical (unpaired) electrons. The number of hydrogen-bond donors (Lipinski definition) is 1. The Kier molecular flexibility index (Phi) is 4.67. The van der Waals surface area contributed by atoms with Gasteiger partial charge in [-0.2, -0.15) is 0 Å². The zero-order chi connectivity index (χ0) is 20.0. The van der Waals surface area contributed by atoms with Crippen molar-refractivity contribution in [2.45, 2.75) is 12.5 Å². The molecule has 0 aromatic heterocycles. The van der Waals surface area contributed by atoms with Crippen LogP contribution in [0, 0.1) is 23.1 Å². The van der Waals surface area contributed by atoms with E-state index < -0.39 is 5.41 Å². The predicted molar refractivity (Wildman–Crippen MR) is 111 cm³/mol. The second-order valence-electron chi connectivity index (χ2n) is 9.08. The van der Waals surface area contributed by atoms with Crippen LogP contribution in [0.25, 0.3) is 0 Å². The monoisotopic (exact) mass is 393 g/mol. The SMILES string of the molecule is CN1C[C@H]2CN(C(=O)C3(Cc4ccccc4F)CNC3)C[C@H]2[C@@H]1c1ccccc1. The summed E-state index contributed by atoms with van der Waals surface area (Å²) < 4.78 is 14.2. The van der Waals surface area contributed by atoms with Crippen LogP contribution in [0.5, 0.6) is 0 Å². The number of carbonyl (C=O) groups is 1. The van der Waals surface area contributed by atoms with Crippen LogP contribution in [0.1, 0.15) is 17.2 Å². The summed E-state index contributed by atoms with van der Waals surface area (Å²) in [4.78, 5) is 18.1. The fourth-order valence-corrected chi connectivity index (χ4v) is 5.70. The van der Waals surface area contributed by atoms with Gasteiger partial charge in [0.15, 0.2) is 0 Å². The van der Waals surface area contributed by atoms with Crippen molar-refractivity contribution in [3.05, 3.63) is 71.5 Å². The highest BCUT2D eigenvalue weighted by molar-refractivity contribution is 5.85. The Balaban J connectivity index is 1.34. The molecule has 0 saturated carbocycles. The summed E-state index contributed by atoms with van der Waals surface area (Å²) >= 11 is 0. The number of benzene rings is 2. The fraction of sp³-hybridized carbons (Fsp3) is 0.458. The van der Waals surface area contributed by atoms with Crippen molar-refractivity contribution in [2.75, 3.05) is 39.8 Å². The molecule has 152 valence electrons. The zero-order valence-corrected chi connectivity index (χ0v) is 16.9. The molecule has 0 bridgehead atoms. The first kappa shape index (κ1) is 18.8. The van der Waals surface area contributed by atoms with Crippen LogP contribution in [0.3, 0.4) is 0 Å². The lowest BCUT2D eigenvalue weighted by atomic mass is 9.75. The second kappa shape index (κ2) is 7.22. The normalized spacial score (nSPS) is 28.2. The van der Waals surface area contributed by atoms with Gasteiger partial charge in [0.25, 0.3) is 0 Å². The van der Waals surface area contributed by atoms with Crippen molar-refractivity contribution in [1.82, 2.24) is 15.1 Å². The van der Waals surface area contributed by atoms with Gasteiger partial charge in [-0.25, -0.2) is 4.39 Å². The lowest BCUT2D eigenvalue weighted by Gasteiger charge is -2.44. The number of rotatable bonds is 4. The maximum Gasteiger partial charge on any atom is 0.231 e. The maximum absolute atomic E-state index is 14.2. The third-order valence-corrected chi connectivity index (χ3v) is 7.19. The van der Waals surface area contributed by atoms with E-state index in [2.05, 4.69) is 52.5 Å². The van der Waals surface area contributed by atoms with Crippen molar-refractivity contribution < 1.29 is 9.18 Å². The fourth-order valence-electron chi connectivity index (χ4n) is 5.70. The third kappa shape index (κ3) is 3.17. The quantitative estimate of drug-likeness (QED) is 0.868. The first-order valence-corrected chi connectivity index (χ1v) is 10.6. The molecule has 29 heavy (non-hydrogen) atoms. The number of likely N-dealkylation sites (tertiary alicyclic amines) is 2. The first-order chi connectivity index (χ1) is 14.1. The summed E-state index contributed by atoms with van der Waals surface area (Å²) in [5, 5.41) is 3.26. The van der Waals surface area contributed by atoms with Crippen molar-refractivity contribution in [2.24, 2.45) is 17.3 Å². The number of halogens is 1. The maximum atomic E-state index is 14.2. The molecule has 1 N–H and O–H groups in total. The van der Waals surface area contributed by atoms with E-state index in [1.165, 1.54) is 11.6 Å². The van der Waals surface area contributed by atoms with E-state index in [0.717, 1.165) is 19.6 Å². The molecule has 3 saturated heterocycles. The van der Waals surface area contributed by atoms with Gasteiger partial charge >= 0.3 is 0 Å². The smallest absolute Gasteiger partial charge is 0.231 e. The first-order valence-electron chi connectivity index (χ1n) is 10.6. The van der Waals surface area contributed by atoms with Crippen LogP contribution >= 0.6 is 0 Å². The van der Waals surface area contributed by atoms with Crippen LogP contribution in [-0.4, -0.2) is 55.5 Å². The van der Waals surface area contributed by atoms with Crippen LogP contribution in [0.4, 0.5) is 4.39 Å². The molecule has 3 aliphatic rings. The lowest BCUT2D eigenvalue weighted by molar-refractivity contribution is -0.144. The largest absolute Gasteiger partial charge is 0.341 e. The van der Waals surface area contributed by atoms with Gasteiger partial charge in [-0.05, 0) is 36.6 Å². The minimum absolute atomic E-state index is 0.198. The van der Waals surface area contributed by atoms with Crippen LogP contribution < -0.4 is 5.32 Å². The van der Waals surface area contributed by atoms with E-state index >= 15 is 0 Å². The second-order valence-corrected chi connectivity index (χ2v) is 9.08. The average Bonchev–Trinajstić information content (AvgIpc) is 3.22. The predicted octanol–water partition coefficient (Wildman–Crippen LogP) is 2.72. The van der Waals surface area contributed by atoms with Gasteiger partial charge in [0.05, 0.1) is 5.41 Å². The molecule has 5 heteroatoms. The molecule has 3 aliphatic heterocycles. The molecule has 0 aliphatic carbocycles. The Hall–Kier alpha value is -2.24. The van der Waals surface area contributed by atoms with Gasteiger partial charge in [0.2, 0.25) is 5.91 Å². The summed E-state index contributed by atoms with van der Waals surface area (Å²) in [5.74, 6) is 0.955. The topological polar surface area (TPSA) is 35.6 Å². The number of amides is 1. The Morgan fingerprint density at radius 2 is 1.79 bits per heavy atom. The van der Waals surface area contributed by atoms with Crippen molar-refractivity contribution in [3.8, 4) is 0 Å². The van der Waals surface area contributed by atoms with E-state index in [-0.39, 0.29) is 11.7 Å². The lowest BCUT2D eigenvalue weighted by Crippen LogP contribution is -2.63. The molecule has 3 atom stereocenters. The van der Waals surface area contributed by atoms with Gasteiger partial charge in [-0.15, -0.1) is 0 Å². The molecule has 0 spiro atoms. The van der Waals surface area contributed by atoms with Gasteiger partial charge in [-0.1, -0.05) is 48.5 Å². The standard InChI is InChI=1S/C24H28FN3O/c1-27-12-19-13-28(14-20(19)22(27)17-7-3-2-4-8-17)23(29)24(15-26-16-24)11-18-9-5-6-10-21(18)25/h2-10,19-20,22,26H,11-16H2,1H3/t19-,20+,22-/m0/s1. The minimum Gasteiger partial charge on any atom is -0.341 e. The highest BCUT2D eigenvalue weighted by Gasteiger charge is 2.52. The van der Waals surface area contributed by atoms with E-state index in [0.29, 0.717) is 43.0 Å². The highest BCUT2D eigenvalue weighted by Crippen LogP contribution is 2.45. The molecule has 3 heterocycles. The molecular formula is C24H28FN3O. The number of nitrogens with zero attached hydrogens (tertiary/aromatic N) is 2. The van der Waals surface area contributed by atoms with E-state index in [4.69, 9.17) is 0 Å². The van der Waals surface area contributed by atoms with Gasteiger partial charge < -0.3 is 10.2 Å². The van der Waals surface area contributed by atoms with Crippen LogP contribution in [0.15, 0.2) is 54.6 Å². The van der Waals surface area contributed by atoms with Crippen molar-refractivity contribution in [1.29, 1.82) is 0 Å². The molecule has 0 unspecified atom stereocenters. The van der Waals surface area contributed by atoms with Crippen molar-refractivity contribution in [3.63, 3.8) is 0 Å². The van der Waals surface area contributed by atoms with Crippen LogP contribution in [-0.2, 0) is 11.2 Å². The number of fused-ring (bicyclic) bond motifs is 1. The Morgan fingerprint density at radius 1 is 1.07 bits per heavy atom. The average molecular weight is 394 g/mol. The van der Waals surface area contributed by atoms with Gasteiger partial charge in [0, 0.05) is 44.7 Å². The third-order valence-electron chi connectivity index (χ3n) is 7.19. The number of nitrogens with one attached hydrogen (secondary N) is 1. The van der Waals surface area contributed by atoms with Crippen LogP contribution in [0.2, 0.25) is 0 Å².